The number of hydrogen-bond acceptors (Lipinski definition) is 5. The van der Waals surface area contributed by atoms with Gasteiger partial charge in [0.2, 0.25) is 5.91 Å². The van der Waals surface area contributed by atoms with Crippen LogP contribution in [0, 0.1) is 18.7 Å². The number of nitrogens with zero attached hydrogens (tertiary/aromatic N) is 3. The highest BCUT2D eigenvalue weighted by molar-refractivity contribution is 6.00. The second-order valence-electron chi connectivity index (χ2n) is 7.31. The molecule has 1 aliphatic heterocycles. The molecule has 0 spiro atoms. The van der Waals surface area contributed by atoms with Crippen molar-refractivity contribution in [1.82, 2.24) is 20.4 Å². The highest BCUT2D eigenvalue weighted by Crippen LogP contribution is 2.26. The molecule has 1 fully saturated rings. The van der Waals surface area contributed by atoms with Crippen LogP contribution in [0.2, 0.25) is 0 Å². The SMILES string of the molecule is Cc1cccnc1CNC(=O)C1CCN(C(=O)c2conc2-c2ccc(F)cc2)C1. The molecular weight excluding hydrogens is 387 g/mol. The number of carbonyl (C=O) groups excluding carboxylic acids is 2. The summed E-state index contributed by atoms with van der Waals surface area (Å²) in [5.74, 6) is -1.01. The van der Waals surface area contributed by atoms with Crippen LogP contribution in [0.25, 0.3) is 11.3 Å². The van der Waals surface area contributed by atoms with Crippen molar-refractivity contribution in [2.75, 3.05) is 13.1 Å². The van der Waals surface area contributed by atoms with Crippen molar-refractivity contribution in [2.24, 2.45) is 5.92 Å². The smallest absolute Gasteiger partial charge is 0.259 e. The van der Waals surface area contributed by atoms with Crippen LogP contribution in [-0.2, 0) is 11.3 Å². The molecule has 3 heterocycles. The Bertz CT molecular complexity index is 1060. The van der Waals surface area contributed by atoms with Crippen LogP contribution in [0.5, 0.6) is 0 Å². The van der Waals surface area contributed by atoms with Gasteiger partial charge in [-0.3, -0.25) is 14.6 Å². The Morgan fingerprint density at radius 2 is 2.07 bits per heavy atom. The van der Waals surface area contributed by atoms with Gasteiger partial charge in [0.15, 0.2) is 0 Å². The van der Waals surface area contributed by atoms with E-state index in [9.17, 15) is 14.0 Å². The van der Waals surface area contributed by atoms with Gasteiger partial charge in [0.1, 0.15) is 23.3 Å². The number of amides is 2. The highest BCUT2D eigenvalue weighted by Gasteiger charge is 2.33. The van der Waals surface area contributed by atoms with E-state index in [1.54, 1.807) is 23.2 Å². The summed E-state index contributed by atoms with van der Waals surface area (Å²) in [6.07, 6.45) is 3.57. The minimum Gasteiger partial charge on any atom is -0.363 e. The summed E-state index contributed by atoms with van der Waals surface area (Å²) in [6, 6.07) is 9.50. The largest absolute Gasteiger partial charge is 0.363 e. The topological polar surface area (TPSA) is 88.3 Å². The Morgan fingerprint density at radius 3 is 2.83 bits per heavy atom. The summed E-state index contributed by atoms with van der Waals surface area (Å²) >= 11 is 0. The zero-order valence-electron chi connectivity index (χ0n) is 16.5. The molecule has 1 N–H and O–H groups in total. The highest BCUT2D eigenvalue weighted by atomic mass is 19.1. The fraction of sp³-hybridized carbons (Fsp3) is 0.273. The van der Waals surface area contributed by atoms with Crippen LogP contribution in [-0.4, -0.2) is 39.9 Å². The maximum atomic E-state index is 13.2. The van der Waals surface area contributed by atoms with E-state index in [4.69, 9.17) is 4.52 Å². The minimum absolute atomic E-state index is 0.0978. The number of likely N-dealkylation sites (tertiary alicyclic amines) is 1. The quantitative estimate of drug-likeness (QED) is 0.701. The van der Waals surface area contributed by atoms with Crippen molar-refractivity contribution < 1.29 is 18.5 Å². The van der Waals surface area contributed by atoms with E-state index in [1.165, 1.54) is 18.4 Å². The maximum absolute atomic E-state index is 13.2. The lowest BCUT2D eigenvalue weighted by molar-refractivity contribution is -0.124. The molecule has 1 saturated heterocycles. The van der Waals surface area contributed by atoms with Gasteiger partial charge in [0.05, 0.1) is 18.2 Å². The van der Waals surface area contributed by atoms with Crippen LogP contribution in [0.3, 0.4) is 0 Å². The van der Waals surface area contributed by atoms with Crippen molar-refractivity contribution in [3.8, 4) is 11.3 Å². The van der Waals surface area contributed by atoms with Gasteiger partial charge in [-0.05, 0) is 49.2 Å². The maximum Gasteiger partial charge on any atom is 0.259 e. The Kier molecular flexibility index (Phi) is 5.56. The Balaban J connectivity index is 1.39. The molecule has 1 atom stereocenters. The van der Waals surface area contributed by atoms with Crippen molar-refractivity contribution in [3.05, 3.63) is 71.5 Å². The number of rotatable bonds is 5. The van der Waals surface area contributed by atoms with Crippen LogP contribution in [0.4, 0.5) is 4.39 Å². The van der Waals surface area contributed by atoms with E-state index in [1.807, 2.05) is 19.1 Å². The molecule has 0 aliphatic carbocycles. The van der Waals surface area contributed by atoms with Crippen molar-refractivity contribution in [3.63, 3.8) is 0 Å². The number of carbonyl (C=O) groups is 2. The number of hydrogen-bond donors (Lipinski definition) is 1. The van der Waals surface area contributed by atoms with Crippen LogP contribution >= 0.6 is 0 Å². The van der Waals surface area contributed by atoms with Crippen LogP contribution < -0.4 is 5.32 Å². The first-order valence-electron chi connectivity index (χ1n) is 9.70. The molecular formula is C22H21FN4O3. The van der Waals surface area contributed by atoms with Gasteiger partial charge in [0, 0.05) is 24.8 Å². The summed E-state index contributed by atoms with van der Waals surface area (Å²) in [6.45, 7) is 3.09. The van der Waals surface area contributed by atoms with E-state index in [0.29, 0.717) is 42.9 Å². The summed E-state index contributed by atoms with van der Waals surface area (Å²) in [4.78, 5) is 31.4. The van der Waals surface area contributed by atoms with Gasteiger partial charge < -0.3 is 14.7 Å². The predicted molar refractivity (Wildman–Crippen MR) is 107 cm³/mol. The van der Waals surface area contributed by atoms with Crippen molar-refractivity contribution in [2.45, 2.75) is 19.9 Å². The van der Waals surface area contributed by atoms with Gasteiger partial charge >= 0.3 is 0 Å². The second kappa shape index (κ2) is 8.44. The lowest BCUT2D eigenvalue weighted by Crippen LogP contribution is -2.34. The molecule has 3 aromatic rings. The molecule has 0 bridgehead atoms. The number of benzene rings is 1. The number of nitrogens with one attached hydrogen (secondary N) is 1. The number of halogens is 1. The Hall–Kier alpha value is -3.55. The van der Waals surface area contributed by atoms with Gasteiger partial charge in [-0.2, -0.15) is 0 Å². The minimum atomic E-state index is -0.371. The van der Waals surface area contributed by atoms with Crippen LogP contribution in [0.15, 0.2) is 53.4 Å². The van der Waals surface area contributed by atoms with E-state index >= 15 is 0 Å². The predicted octanol–water partition coefficient (Wildman–Crippen LogP) is 2.96. The average Bonchev–Trinajstić information content (AvgIpc) is 3.43. The molecule has 1 unspecified atom stereocenters. The lowest BCUT2D eigenvalue weighted by Gasteiger charge is -2.16. The standard InChI is InChI=1S/C22H21FN4O3/c1-14-3-2-9-24-19(14)11-25-21(28)16-8-10-27(12-16)22(29)18-13-30-26-20(18)15-4-6-17(23)7-5-15/h2-7,9,13,16H,8,10-12H2,1H3,(H,25,28). The Morgan fingerprint density at radius 1 is 1.27 bits per heavy atom. The van der Waals surface area contributed by atoms with E-state index in [0.717, 1.165) is 11.3 Å². The van der Waals surface area contributed by atoms with E-state index in [2.05, 4.69) is 15.5 Å². The molecule has 2 amide bonds. The first-order chi connectivity index (χ1) is 14.5. The monoisotopic (exact) mass is 408 g/mol. The normalized spacial score (nSPS) is 15.9. The summed E-state index contributed by atoms with van der Waals surface area (Å²) < 4.78 is 18.2. The molecule has 0 saturated carbocycles. The summed E-state index contributed by atoms with van der Waals surface area (Å²) in [7, 11) is 0. The fourth-order valence-electron chi connectivity index (χ4n) is 3.55. The lowest BCUT2D eigenvalue weighted by atomic mass is 10.1. The summed E-state index contributed by atoms with van der Waals surface area (Å²) in [5, 5.41) is 6.82. The van der Waals surface area contributed by atoms with Crippen molar-refractivity contribution in [1.29, 1.82) is 0 Å². The average molecular weight is 408 g/mol. The number of pyridine rings is 1. The first kappa shape index (κ1) is 19.8. The second-order valence-corrected chi connectivity index (χ2v) is 7.31. The third kappa shape index (κ3) is 4.07. The summed E-state index contributed by atoms with van der Waals surface area (Å²) in [5.41, 5.74) is 3.09. The van der Waals surface area contributed by atoms with Gasteiger partial charge in [-0.1, -0.05) is 11.2 Å². The molecule has 154 valence electrons. The molecule has 7 nitrogen and oxygen atoms in total. The molecule has 4 rings (SSSR count). The molecule has 0 radical (unpaired) electrons. The van der Waals surface area contributed by atoms with Crippen molar-refractivity contribution >= 4 is 11.8 Å². The zero-order chi connectivity index (χ0) is 21.1. The van der Waals surface area contributed by atoms with E-state index < -0.39 is 0 Å². The third-order valence-electron chi connectivity index (χ3n) is 5.31. The van der Waals surface area contributed by atoms with Gasteiger partial charge in [-0.15, -0.1) is 0 Å². The van der Waals surface area contributed by atoms with Crippen LogP contribution in [0.1, 0.15) is 28.0 Å². The third-order valence-corrected chi connectivity index (χ3v) is 5.31. The molecule has 1 aromatic carbocycles. The molecule has 1 aliphatic rings. The molecule has 30 heavy (non-hydrogen) atoms. The zero-order valence-corrected chi connectivity index (χ0v) is 16.5. The number of aromatic nitrogens is 2. The molecule has 8 heteroatoms. The Labute approximate surface area is 172 Å². The first-order valence-corrected chi connectivity index (χ1v) is 9.70. The number of aryl methyl sites for hydroxylation is 1. The van der Waals surface area contributed by atoms with Gasteiger partial charge in [0.25, 0.3) is 5.91 Å². The molecule has 2 aromatic heterocycles. The fourth-order valence-corrected chi connectivity index (χ4v) is 3.55. The van der Waals surface area contributed by atoms with E-state index in [-0.39, 0.29) is 23.5 Å². The van der Waals surface area contributed by atoms with Gasteiger partial charge in [-0.25, -0.2) is 4.39 Å².